The number of sulfonamides is 1. The van der Waals surface area contributed by atoms with Crippen molar-refractivity contribution in [3.63, 3.8) is 0 Å². The van der Waals surface area contributed by atoms with Crippen molar-refractivity contribution in [2.45, 2.75) is 36.9 Å². The second kappa shape index (κ2) is 6.88. The maximum atomic E-state index is 12.3. The van der Waals surface area contributed by atoms with Gasteiger partial charge in [0.25, 0.3) is 10.0 Å². The van der Waals surface area contributed by atoms with Gasteiger partial charge in [0.15, 0.2) is 0 Å². The molecule has 0 bridgehead atoms. The van der Waals surface area contributed by atoms with Gasteiger partial charge in [-0.05, 0) is 31.9 Å². The molecule has 1 saturated carbocycles. The van der Waals surface area contributed by atoms with Gasteiger partial charge in [-0.3, -0.25) is 9.59 Å². The van der Waals surface area contributed by atoms with Crippen molar-refractivity contribution in [2.75, 3.05) is 0 Å². The zero-order chi connectivity index (χ0) is 18.1. The van der Waals surface area contributed by atoms with Gasteiger partial charge in [-0.1, -0.05) is 17.7 Å². The van der Waals surface area contributed by atoms with Crippen molar-refractivity contribution < 1.29 is 33.3 Å². The van der Waals surface area contributed by atoms with Crippen LogP contribution in [0, 0.1) is 18.8 Å². The fourth-order valence-electron chi connectivity index (χ4n) is 2.71. The van der Waals surface area contributed by atoms with E-state index in [-0.39, 0.29) is 17.7 Å². The van der Waals surface area contributed by atoms with Crippen molar-refractivity contribution in [1.82, 2.24) is 4.72 Å². The number of carboxylic acid groups (broad SMARTS) is 1. The predicted molar refractivity (Wildman–Crippen MR) is 82.4 cm³/mol. The third-order valence-electron chi connectivity index (χ3n) is 4.14. The molecule has 0 radical (unpaired) electrons. The molecule has 4 N–H and O–H groups in total. The first kappa shape index (κ1) is 18.4. The van der Waals surface area contributed by atoms with Gasteiger partial charge in [-0.2, -0.15) is 0 Å². The second-order valence-electron chi connectivity index (χ2n) is 5.94. The number of carbonyl (C=O) groups excluding carboxylic acids is 1. The quantitative estimate of drug-likeness (QED) is 0.576. The highest BCUT2D eigenvalue weighted by Gasteiger charge is 2.43. The van der Waals surface area contributed by atoms with Crippen LogP contribution in [0.4, 0.5) is 0 Å². The minimum absolute atomic E-state index is 0.121. The molecule has 8 nitrogen and oxygen atoms in total. The van der Waals surface area contributed by atoms with E-state index in [4.69, 9.17) is 0 Å². The molecule has 4 atom stereocenters. The standard InChI is InChI=1S/C15H19NO7S/c1-8-2-4-9(5-3-8)24(22,23)16-14(19)10-6-12(17)13(18)7-11(10)15(20)21/h2-5,10-13,17-18H,6-7H2,1H3,(H,16,19)(H,20,21). The molecular weight excluding hydrogens is 338 g/mol. The van der Waals surface area contributed by atoms with E-state index in [2.05, 4.69) is 0 Å². The molecular formula is C15H19NO7S. The summed E-state index contributed by atoms with van der Waals surface area (Å²) in [4.78, 5) is 23.4. The summed E-state index contributed by atoms with van der Waals surface area (Å²) in [5.41, 5.74) is 0.843. The fourth-order valence-corrected chi connectivity index (χ4v) is 3.74. The van der Waals surface area contributed by atoms with Gasteiger partial charge in [-0.15, -0.1) is 0 Å². The van der Waals surface area contributed by atoms with Crippen LogP contribution in [0.5, 0.6) is 0 Å². The molecule has 132 valence electrons. The molecule has 1 fully saturated rings. The van der Waals surface area contributed by atoms with E-state index in [0.29, 0.717) is 0 Å². The smallest absolute Gasteiger partial charge is 0.307 e. The molecule has 0 spiro atoms. The van der Waals surface area contributed by atoms with Crippen LogP contribution in [0.15, 0.2) is 29.2 Å². The molecule has 0 aliphatic heterocycles. The van der Waals surface area contributed by atoms with E-state index < -0.39 is 45.9 Å². The number of carboxylic acids is 1. The molecule has 0 heterocycles. The summed E-state index contributed by atoms with van der Waals surface area (Å²) in [6, 6.07) is 5.80. The van der Waals surface area contributed by atoms with Crippen LogP contribution in [-0.2, 0) is 19.6 Å². The number of aliphatic hydroxyl groups excluding tert-OH is 2. The zero-order valence-electron chi connectivity index (χ0n) is 12.9. The number of hydrogen-bond donors (Lipinski definition) is 4. The van der Waals surface area contributed by atoms with Gasteiger partial charge in [-0.25, -0.2) is 13.1 Å². The normalized spacial score (nSPS) is 27.5. The van der Waals surface area contributed by atoms with Crippen molar-refractivity contribution in [2.24, 2.45) is 11.8 Å². The lowest BCUT2D eigenvalue weighted by molar-refractivity contribution is -0.154. The first-order chi connectivity index (χ1) is 11.1. The number of aliphatic carboxylic acids is 1. The monoisotopic (exact) mass is 357 g/mol. The third kappa shape index (κ3) is 3.92. The highest BCUT2D eigenvalue weighted by Crippen LogP contribution is 2.31. The average molecular weight is 357 g/mol. The van der Waals surface area contributed by atoms with Crippen LogP contribution in [-0.4, -0.2) is 47.8 Å². The van der Waals surface area contributed by atoms with Crippen molar-refractivity contribution >= 4 is 21.9 Å². The summed E-state index contributed by atoms with van der Waals surface area (Å²) >= 11 is 0. The summed E-state index contributed by atoms with van der Waals surface area (Å²) < 4.78 is 26.3. The minimum atomic E-state index is -4.14. The number of benzene rings is 1. The molecule has 1 aliphatic rings. The number of carbonyl (C=O) groups is 2. The lowest BCUT2D eigenvalue weighted by Gasteiger charge is -2.33. The predicted octanol–water partition coefficient (Wildman–Crippen LogP) is -0.367. The van der Waals surface area contributed by atoms with Crippen LogP contribution in [0.2, 0.25) is 0 Å². The summed E-state index contributed by atoms with van der Waals surface area (Å²) in [6.07, 6.45) is -3.19. The van der Waals surface area contributed by atoms with E-state index in [1.165, 1.54) is 12.1 Å². The molecule has 1 aliphatic carbocycles. The fraction of sp³-hybridized carbons (Fsp3) is 0.467. The van der Waals surface area contributed by atoms with Crippen LogP contribution >= 0.6 is 0 Å². The number of aryl methyl sites for hydroxylation is 1. The Kier molecular flexibility index (Phi) is 5.26. The van der Waals surface area contributed by atoms with Gasteiger partial charge in [0.2, 0.25) is 5.91 Å². The lowest BCUT2D eigenvalue weighted by Crippen LogP contribution is -2.49. The van der Waals surface area contributed by atoms with Gasteiger partial charge in [0.05, 0.1) is 28.9 Å². The molecule has 2 rings (SSSR count). The van der Waals surface area contributed by atoms with Gasteiger partial charge >= 0.3 is 5.97 Å². The van der Waals surface area contributed by atoms with Crippen LogP contribution in [0.3, 0.4) is 0 Å². The summed E-state index contributed by atoms with van der Waals surface area (Å²) in [5, 5.41) is 28.4. The second-order valence-corrected chi connectivity index (χ2v) is 7.62. The molecule has 0 aromatic heterocycles. The SMILES string of the molecule is Cc1ccc(S(=O)(=O)NC(=O)C2CC(O)C(O)CC2C(=O)O)cc1. The number of hydrogen-bond acceptors (Lipinski definition) is 6. The minimum Gasteiger partial charge on any atom is -0.481 e. The van der Waals surface area contributed by atoms with Crippen LogP contribution < -0.4 is 4.72 Å². The molecule has 1 amide bonds. The third-order valence-corrected chi connectivity index (χ3v) is 5.50. The largest absolute Gasteiger partial charge is 0.481 e. The maximum Gasteiger partial charge on any atom is 0.307 e. The lowest BCUT2D eigenvalue weighted by atomic mass is 9.76. The Bertz CT molecular complexity index is 729. The summed E-state index contributed by atoms with van der Waals surface area (Å²) in [5.74, 6) is -4.85. The van der Waals surface area contributed by atoms with Crippen molar-refractivity contribution in [1.29, 1.82) is 0 Å². The Balaban J connectivity index is 2.20. The van der Waals surface area contributed by atoms with Crippen molar-refractivity contribution in [3.05, 3.63) is 29.8 Å². The Morgan fingerprint density at radius 1 is 1.04 bits per heavy atom. The van der Waals surface area contributed by atoms with E-state index in [1.807, 2.05) is 4.72 Å². The van der Waals surface area contributed by atoms with Gasteiger partial charge < -0.3 is 15.3 Å². The first-order valence-corrected chi connectivity index (χ1v) is 8.82. The number of amides is 1. The topological polar surface area (TPSA) is 141 Å². The van der Waals surface area contributed by atoms with Gasteiger partial charge in [0.1, 0.15) is 0 Å². The highest BCUT2D eigenvalue weighted by atomic mass is 32.2. The maximum absolute atomic E-state index is 12.3. The van der Waals surface area contributed by atoms with Crippen LogP contribution in [0.25, 0.3) is 0 Å². The molecule has 1 aromatic carbocycles. The van der Waals surface area contributed by atoms with E-state index in [9.17, 15) is 33.3 Å². The summed E-state index contributed by atoms with van der Waals surface area (Å²) in [6.45, 7) is 1.78. The summed E-state index contributed by atoms with van der Waals surface area (Å²) in [7, 11) is -4.14. The highest BCUT2D eigenvalue weighted by molar-refractivity contribution is 7.90. The Labute approximate surface area is 139 Å². The number of rotatable bonds is 4. The molecule has 24 heavy (non-hydrogen) atoms. The Hall–Kier alpha value is -1.97. The zero-order valence-corrected chi connectivity index (χ0v) is 13.7. The Morgan fingerprint density at radius 3 is 2.04 bits per heavy atom. The van der Waals surface area contributed by atoms with Crippen molar-refractivity contribution in [3.8, 4) is 0 Å². The molecule has 4 unspecified atom stereocenters. The Morgan fingerprint density at radius 2 is 1.54 bits per heavy atom. The van der Waals surface area contributed by atoms with E-state index >= 15 is 0 Å². The van der Waals surface area contributed by atoms with E-state index in [1.54, 1.807) is 19.1 Å². The average Bonchev–Trinajstić information content (AvgIpc) is 2.49. The van der Waals surface area contributed by atoms with Crippen LogP contribution in [0.1, 0.15) is 18.4 Å². The van der Waals surface area contributed by atoms with E-state index in [0.717, 1.165) is 5.56 Å². The number of aliphatic hydroxyl groups is 2. The molecule has 9 heteroatoms. The molecule has 0 saturated heterocycles. The first-order valence-electron chi connectivity index (χ1n) is 7.34. The molecule has 1 aromatic rings. The number of nitrogens with one attached hydrogen (secondary N) is 1. The van der Waals surface area contributed by atoms with Gasteiger partial charge in [0, 0.05) is 0 Å².